The second-order valence-electron chi connectivity index (χ2n) is 4.89. The topological polar surface area (TPSA) is 0 Å². The second-order valence-corrected chi connectivity index (χ2v) is 4.89. The van der Waals surface area contributed by atoms with E-state index in [1.54, 1.807) is 0 Å². The Labute approximate surface area is 109 Å². The lowest BCUT2D eigenvalue weighted by Gasteiger charge is -2.00. The van der Waals surface area contributed by atoms with Gasteiger partial charge in [0.05, 0.1) is 0 Å². The summed E-state index contributed by atoms with van der Waals surface area (Å²) in [5.74, 6) is 0. The van der Waals surface area contributed by atoms with Crippen molar-refractivity contribution in [3.63, 3.8) is 0 Å². The molecule has 0 fully saturated rings. The predicted octanol–water partition coefficient (Wildman–Crippen LogP) is 6.43. The maximum atomic E-state index is 2.33. The van der Waals surface area contributed by atoms with Gasteiger partial charge in [0.15, 0.2) is 0 Å². The molecule has 0 saturated heterocycles. The van der Waals surface area contributed by atoms with Crippen LogP contribution >= 0.6 is 0 Å². The van der Waals surface area contributed by atoms with E-state index in [0.29, 0.717) is 0 Å². The Kier molecular flexibility index (Phi) is 15.0. The largest absolute Gasteiger partial charge is 0.0914 e. The highest BCUT2D eigenvalue weighted by molar-refractivity contribution is 4.91. The zero-order chi connectivity index (χ0) is 12.6. The van der Waals surface area contributed by atoms with Crippen LogP contribution in [0.1, 0.15) is 84.5 Å². The Morgan fingerprint density at radius 1 is 0.647 bits per heavy atom. The van der Waals surface area contributed by atoms with Crippen molar-refractivity contribution in [1.29, 1.82) is 0 Å². The minimum absolute atomic E-state index is 1.11. The molecule has 0 bridgehead atoms. The SMILES string of the molecule is C/C=C/C/C=C/CCCCCCCCCCC. The Bertz CT molecular complexity index is 176. The van der Waals surface area contributed by atoms with Gasteiger partial charge in [-0.25, -0.2) is 0 Å². The number of hydrogen-bond donors (Lipinski definition) is 0. The number of rotatable bonds is 12. The van der Waals surface area contributed by atoms with Gasteiger partial charge in [0.25, 0.3) is 0 Å². The molecule has 0 amide bonds. The molecule has 0 saturated carbocycles. The van der Waals surface area contributed by atoms with Crippen molar-refractivity contribution in [2.24, 2.45) is 0 Å². The molecular weight excluding hydrogens is 204 g/mol. The van der Waals surface area contributed by atoms with E-state index in [-0.39, 0.29) is 0 Å². The van der Waals surface area contributed by atoms with Crippen LogP contribution < -0.4 is 0 Å². The molecule has 0 rings (SSSR count). The molecule has 0 atom stereocenters. The standard InChI is InChI=1S/C17H32/c1-3-5-7-9-11-13-15-17-16-14-12-10-8-6-4-2/h3,5,9,11H,4,6-8,10,12-17H2,1-2H3/b5-3+,11-9+. The van der Waals surface area contributed by atoms with Gasteiger partial charge in [-0.1, -0.05) is 82.6 Å². The van der Waals surface area contributed by atoms with E-state index in [1.807, 2.05) is 0 Å². The summed E-state index contributed by atoms with van der Waals surface area (Å²) < 4.78 is 0. The van der Waals surface area contributed by atoms with E-state index in [1.165, 1.54) is 64.2 Å². The Morgan fingerprint density at radius 3 is 1.82 bits per heavy atom. The van der Waals surface area contributed by atoms with E-state index in [0.717, 1.165) is 6.42 Å². The molecule has 0 N–H and O–H groups in total. The van der Waals surface area contributed by atoms with Crippen LogP contribution in [-0.4, -0.2) is 0 Å². The van der Waals surface area contributed by atoms with E-state index in [9.17, 15) is 0 Å². The van der Waals surface area contributed by atoms with Gasteiger partial charge in [-0.3, -0.25) is 0 Å². The maximum Gasteiger partial charge on any atom is -0.0169 e. The molecule has 0 heterocycles. The van der Waals surface area contributed by atoms with Gasteiger partial charge in [-0.05, 0) is 26.2 Å². The summed E-state index contributed by atoms with van der Waals surface area (Å²) in [6, 6.07) is 0. The van der Waals surface area contributed by atoms with Crippen molar-refractivity contribution < 1.29 is 0 Å². The summed E-state index contributed by atoms with van der Waals surface area (Å²) >= 11 is 0. The minimum Gasteiger partial charge on any atom is -0.0914 e. The van der Waals surface area contributed by atoms with E-state index in [4.69, 9.17) is 0 Å². The Balaban J connectivity index is 3.00. The Hall–Kier alpha value is -0.520. The van der Waals surface area contributed by atoms with Gasteiger partial charge in [0.2, 0.25) is 0 Å². The van der Waals surface area contributed by atoms with Crippen molar-refractivity contribution in [3.8, 4) is 0 Å². The smallest absolute Gasteiger partial charge is 0.0169 e. The fraction of sp³-hybridized carbons (Fsp3) is 0.765. The molecule has 0 nitrogen and oxygen atoms in total. The molecular formula is C17H32. The van der Waals surface area contributed by atoms with Crippen LogP contribution in [0, 0.1) is 0 Å². The third-order valence-corrected chi connectivity index (χ3v) is 3.15. The molecule has 100 valence electrons. The van der Waals surface area contributed by atoms with Crippen LogP contribution in [0.3, 0.4) is 0 Å². The van der Waals surface area contributed by atoms with E-state index < -0.39 is 0 Å². The molecule has 0 aliphatic heterocycles. The van der Waals surface area contributed by atoms with Crippen molar-refractivity contribution in [2.75, 3.05) is 0 Å². The zero-order valence-corrected chi connectivity index (χ0v) is 12.1. The molecule has 0 radical (unpaired) electrons. The van der Waals surface area contributed by atoms with Crippen molar-refractivity contribution in [2.45, 2.75) is 84.5 Å². The summed E-state index contributed by atoms with van der Waals surface area (Å²) in [5.41, 5.74) is 0. The van der Waals surface area contributed by atoms with Gasteiger partial charge in [0.1, 0.15) is 0 Å². The monoisotopic (exact) mass is 236 g/mol. The average Bonchev–Trinajstić information content (AvgIpc) is 2.35. The highest BCUT2D eigenvalue weighted by Gasteiger charge is 1.90. The van der Waals surface area contributed by atoms with Crippen LogP contribution in [0.25, 0.3) is 0 Å². The van der Waals surface area contributed by atoms with Crippen molar-refractivity contribution >= 4 is 0 Å². The third kappa shape index (κ3) is 15.5. The van der Waals surface area contributed by atoms with Crippen LogP contribution in [0.15, 0.2) is 24.3 Å². The molecule has 0 spiro atoms. The Morgan fingerprint density at radius 2 is 1.24 bits per heavy atom. The number of hydrogen-bond acceptors (Lipinski definition) is 0. The number of allylic oxidation sites excluding steroid dienone is 4. The minimum atomic E-state index is 1.11. The summed E-state index contributed by atoms with van der Waals surface area (Å²) in [5, 5.41) is 0. The lowest BCUT2D eigenvalue weighted by molar-refractivity contribution is 0.566. The van der Waals surface area contributed by atoms with Crippen LogP contribution in [0.4, 0.5) is 0 Å². The van der Waals surface area contributed by atoms with Gasteiger partial charge in [0, 0.05) is 0 Å². The third-order valence-electron chi connectivity index (χ3n) is 3.15. The van der Waals surface area contributed by atoms with Gasteiger partial charge < -0.3 is 0 Å². The summed E-state index contributed by atoms with van der Waals surface area (Å²) in [4.78, 5) is 0. The summed E-state index contributed by atoms with van der Waals surface area (Å²) in [7, 11) is 0. The lowest BCUT2D eigenvalue weighted by Crippen LogP contribution is -1.80. The normalized spacial score (nSPS) is 11.9. The predicted molar refractivity (Wildman–Crippen MR) is 80.4 cm³/mol. The number of unbranched alkanes of at least 4 members (excludes halogenated alkanes) is 9. The molecule has 17 heavy (non-hydrogen) atoms. The first kappa shape index (κ1) is 16.5. The first-order valence-electron chi connectivity index (χ1n) is 7.68. The molecule has 0 unspecified atom stereocenters. The molecule has 0 aromatic rings. The molecule has 0 aliphatic rings. The summed E-state index contributed by atoms with van der Waals surface area (Å²) in [6.45, 7) is 4.36. The fourth-order valence-corrected chi connectivity index (χ4v) is 2.00. The van der Waals surface area contributed by atoms with Gasteiger partial charge in [-0.15, -0.1) is 0 Å². The maximum absolute atomic E-state index is 2.33. The van der Waals surface area contributed by atoms with E-state index >= 15 is 0 Å². The van der Waals surface area contributed by atoms with Crippen LogP contribution in [0.2, 0.25) is 0 Å². The van der Waals surface area contributed by atoms with Crippen LogP contribution in [-0.2, 0) is 0 Å². The van der Waals surface area contributed by atoms with Crippen molar-refractivity contribution in [1.82, 2.24) is 0 Å². The van der Waals surface area contributed by atoms with Crippen molar-refractivity contribution in [3.05, 3.63) is 24.3 Å². The average molecular weight is 236 g/mol. The molecule has 0 aromatic heterocycles. The lowest BCUT2D eigenvalue weighted by atomic mass is 10.1. The summed E-state index contributed by atoms with van der Waals surface area (Å²) in [6.07, 6.45) is 24.1. The zero-order valence-electron chi connectivity index (χ0n) is 12.1. The van der Waals surface area contributed by atoms with Gasteiger partial charge in [-0.2, -0.15) is 0 Å². The first-order valence-corrected chi connectivity index (χ1v) is 7.68. The van der Waals surface area contributed by atoms with E-state index in [2.05, 4.69) is 38.2 Å². The quantitative estimate of drug-likeness (QED) is 0.270. The first-order chi connectivity index (χ1) is 8.41. The fourth-order valence-electron chi connectivity index (χ4n) is 2.00. The van der Waals surface area contributed by atoms with Gasteiger partial charge >= 0.3 is 0 Å². The second kappa shape index (κ2) is 15.5. The highest BCUT2D eigenvalue weighted by Crippen LogP contribution is 2.10. The molecule has 0 aliphatic carbocycles. The highest BCUT2D eigenvalue weighted by atomic mass is 14.0. The van der Waals surface area contributed by atoms with Crippen LogP contribution in [0.5, 0.6) is 0 Å². The molecule has 0 aromatic carbocycles. The molecule has 0 heteroatoms.